The minimum Gasteiger partial charge on any atom is -0.482 e. The van der Waals surface area contributed by atoms with E-state index in [-0.39, 0.29) is 28.9 Å². The van der Waals surface area contributed by atoms with Crippen molar-refractivity contribution in [1.82, 2.24) is 4.98 Å². The summed E-state index contributed by atoms with van der Waals surface area (Å²) in [7, 11) is 0. The molecule has 5 atom stereocenters. The number of benzene rings is 1. The number of aliphatic hydroxyl groups excluding tert-OH is 1. The Balaban J connectivity index is 1.60. The molecule has 3 heterocycles. The minimum absolute atomic E-state index is 0.0517. The Kier molecular flexibility index (Phi) is 6.59. The molecule has 0 radical (unpaired) electrons. The molecule has 3 aromatic rings. The lowest BCUT2D eigenvalue weighted by Crippen LogP contribution is -2.67. The number of carbonyl (C=O) groups excluding carboxylic acids is 1. The fraction of sp³-hybridized carbons (Fsp3) is 0.419. The molecule has 1 N–H and O–H groups in total. The van der Waals surface area contributed by atoms with Crippen molar-refractivity contribution < 1.29 is 23.8 Å². The molecule has 1 aromatic carbocycles. The van der Waals surface area contributed by atoms with Crippen LogP contribution < -0.4 is 10.4 Å². The SMILES string of the molecule is CC(C)C1C[C@H](OC(=O)c2ccc(C#N)cc2)[C@@]2(C)Oc3cc(-c4cccnc4)oc(=O)c3[C@H](O)[C@@H]2C1(C)C. The Morgan fingerprint density at radius 1 is 1.21 bits per heavy atom. The molecule has 1 saturated carbocycles. The van der Waals surface area contributed by atoms with Gasteiger partial charge in [0.1, 0.15) is 28.8 Å². The van der Waals surface area contributed by atoms with E-state index in [2.05, 4.69) is 32.7 Å². The summed E-state index contributed by atoms with van der Waals surface area (Å²) < 4.78 is 18.4. The molecule has 202 valence electrons. The Hall–Kier alpha value is -3.96. The molecule has 5 rings (SSSR count). The predicted molar refractivity (Wildman–Crippen MR) is 143 cm³/mol. The van der Waals surface area contributed by atoms with E-state index in [1.54, 1.807) is 54.9 Å². The third-order valence-electron chi connectivity index (χ3n) is 8.62. The molecule has 0 spiro atoms. The van der Waals surface area contributed by atoms with Gasteiger partial charge in [0.15, 0.2) is 0 Å². The van der Waals surface area contributed by atoms with E-state index >= 15 is 0 Å². The fourth-order valence-corrected chi connectivity index (χ4v) is 6.85. The first-order valence-electron chi connectivity index (χ1n) is 13.1. The van der Waals surface area contributed by atoms with Gasteiger partial charge in [-0.2, -0.15) is 5.26 Å². The van der Waals surface area contributed by atoms with E-state index in [0.29, 0.717) is 23.1 Å². The van der Waals surface area contributed by atoms with E-state index in [0.717, 1.165) is 0 Å². The van der Waals surface area contributed by atoms with Crippen LogP contribution >= 0.6 is 0 Å². The summed E-state index contributed by atoms with van der Waals surface area (Å²) in [6.45, 7) is 10.2. The van der Waals surface area contributed by atoms with Crippen molar-refractivity contribution >= 4 is 5.97 Å². The summed E-state index contributed by atoms with van der Waals surface area (Å²) in [4.78, 5) is 30.6. The smallest absolute Gasteiger partial charge is 0.345 e. The number of aliphatic hydroxyl groups is 1. The molecular formula is C31H32N2O6. The second-order valence-electron chi connectivity index (χ2n) is 11.6. The van der Waals surface area contributed by atoms with Gasteiger partial charge in [0.2, 0.25) is 0 Å². The van der Waals surface area contributed by atoms with Crippen molar-refractivity contribution in [3.63, 3.8) is 0 Å². The number of rotatable bonds is 4. The number of hydrogen-bond donors (Lipinski definition) is 1. The number of esters is 1. The maximum absolute atomic E-state index is 13.3. The first kappa shape index (κ1) is 26.6. The van der Waals surface area contributed by atoms with Crippen molar-refractivity contribution in [2.24, 2.45) is 23.2 Å². The summed E-state index contributed by atoms with van der Waals surface area (Å²) in [5.74, 6) is -0.393. The highest BCUT2D eigenvalue weighted by Gasteiger charge is 2.64. The van der Waals surface area contributed by atoms with Gasteiger partial charge in [-0.05, 0) is 67.0 Å². The molecule has 8 nitrogen and oxygen atoms in total. The lowest BCUT2D eigenvalue weighted by Gasteiger charge is -2.60. The van der Waals surface area contributed by atoms with Crippen LogP contribution in [0.4, 0.5) is 0 Å². The Labute approximate surface area is 227 Å². The Bertz CT molecular complexity index is 1490. The van der Waals surface area contributed by atoms with Gasteiger partial charge in [-0.1, -0.05) is 27.7 Å². The number of hydrogen-bond acceptors (Lipinski definition) is 8. The van der Waals surface area contributed by atoms with E-state index < -0.39 is 40.7 Å². The quantitative estimate of drug-likeness (QED) is 0.453. The molecule has 0 amide bonds. The molecule has 0 saturated heterocycles. The summed E-state index contributed by atoms with van der Waals surface area (Å²) in [5.41, 5.74) is -0.882. The predicted octanol–water partition coefficient (Wildman–Crippen LogP) is 5.30. The Morgan fingerprint density at radius 2 is 1.92 bits per heavy atom. The lowest BCUT2D eigenvalue weighted by atomic mass is 9.51. The molecule has 0 bridgehead atoms. The zero-order valence-corrected chi connectivity index (χ0v) is 22.7. The van der Waals surface area contributed by atoms with E-state index in [1.165, 1.54) is 0 Å². The van der Waals surface area contributed by atoms with E-state index in [1.807, 2.05) is 13.0 Å². The average molecular weight is 529 g/mol. The molecule has 1 aliphatic carbocycles. The molecule has 2 aromatic heterocycles. The number of carbonyl (C=O) groups is 1. The number of ether oxygens (including phenoxy) is 2. The van der Waals surface area contributed by atoms with E-state index in [9.17, 15) is 14.7 Å². The van der Waals surface area contributed by atoms with Gasteiger partial charge >= 0.3 is 11.6 Å². The normalized spacial score (nSPS) is 27.0. The van der Waals surface area contributed by atoms with Gasteiger partial charge in [-0.25, -0.2) is 9.59 Å². The van der Waals surface area contributed by atoms with E-state index in [4.69, 9.17) is 19.2 Å². The molecule has 8 heteroatoms. The molecule has 2 aliphatic rings. The zero-order chi connectivity index (χ0) is 28.1. The summed E-state index contributed by atoms with van der Waals surface area (Å²) in [6.07, 6.45) is 1.79. The molecule has 1 fully saturated rings. The molecular weight excluding hydrogens is 496 g/mol. The number of aromatic nitrogens is 1. The third kappa shape index (κ3) is 4.41. The minimum atomic E-state index is -1.20. The highest BCUT2D eigenvalue weighted by atomic mass is 16.6. The van der Waals surface area contributed by atoms with Crippen molar-refractivity contribution in [1.29, 1.82) is 5.26 Å². The summed E-state index contributed by atoms with van der Waals surface area (Å²) in [5, 5.41) is 20.9. The fourth-order valence-electron chi connectivity index (χ4n) is 6.85. The highest BCUT2D eigenvalue weighted by Crippen LogP contribution is 2.61. The van der Waals surface area contributed by atoms with Gasteiger partial charge in [-0.15, -0.1) is 0 Å². The lowest BCUT2D eigenvalue weighted by molar-refractivity contribution is -0.219. The second-order valence-corrected chi connectivity index (χ2v) is 11.6. The van der Waals surface area contributed by atoms with Crippen LogP contribution in [0.3, 0.4) is 0 Å². The van der Waals surface area contributed by atoms with Crippen LogP contribution in [0, 0.1) is 34.5 Å². The van der Waals surface area contributed by atoms with Gasteiger partial charge in [0.05, 0.1) is 23.3 Å². The van der Waals surface area contributed by atoms with Crippen LogP contribution in [0.25, 0.3) is 11.3 Å². The van der Waals surface area contributed by atoms with Crippen molar-refractivity contribution in [3.05, 3.63) is 82.0 Å². The van der Waals surface area contributed by atoms with Crippen molar-refractivity contribution in [2.75, 3.05) is 0 Å². The second kappa shape index (κ2) is 9.65. The maximum Gasteiger partial charge on any atom is 0.345 e. The summed E-state index contributed by atoms with van der Waals surface area (Å²) in [6, 6.07) is 13.4. The number of fused-ring (bicyclic) bond motifs is 2. The van der Waals surface area contributed by atoms with Gasteiger partial charge < -0.3 is 19.0 Å². The van der Waals surface area contributed by atoms with Crippen LogP contribution in [-0.4, -0.2) is 27.8 Å². The van der Waals surface area contributed by atoms with Crippen LogP contribution in [0.1, 0.15) is 68.6 Å². The van der Waals surface area contributed by atoms with Crippen molar-refractivity contribution in [3.8, 4) is 23.1 Å². The van der Waals surface area contributed by atoms with Gasteiger partial charge in [0.25, 0.3) is 0 Å². The van der Waals surface area contributed by atoms with Crippen LogP contribution in [-0.2, 0) is 4.74 Å². The average Bonchev–Trinajstić information content (AvgIpc) is 2.89. The van der Waals surface area contributed by atoms with Gasteiger partial charge in [0, 0.05) is 29.9 Å². The Morgan fingerprint density at radius 3 is 2.54 bits per heavy atom. The standard InChI is InChI=1S/C31H32N2O6/c1-17(2)21-13-24(38-28(35)19-10-8-18(15-32)9-11-19)31(5)27(30(21,3)4)26(34)25-23(39-31)14-22(37-29(25)36)20-7-6-12-33-16-20/h6-12,14,16-17,21,24,26-27,34H,13H2,1-5H3/t21?,24-,26-,27+,31+/m0/s1. The molecule has 1 aliphatic heterocycles. The van der Waals surface area contributed by atoms with Crippen LogP contribution in [0.2, 0.25) is 0 Å². The van der Waals surface area contributed by atoms with Crippen molar-refractivity contribution in [2.45, 2.75) is 58.8 Å². The number of nitriles is 1. The largest absolute Gasteiger partial charge is 0.482 e. The zero-order valence-electron chi connectivity index (χ0n) is 22.7. The number of pyridine rings is 1. The first-order valence-corrected chi connectivity index (χ1v) is 13.1. The van der Waals surface area contributed by atoms with Crippen LogP contribution in [0.15, 0.2) is 64.1 Å². The van der Waals surface area contributed by atoms with Crippen LogP contribution in [0.5, 0.6) is 5.75 Å². The number of nitrogens with zero attached hydrogens (tertiary/aromatic N) is 2. The molecule has 1 unspecified atom stereocenters. The molecule has 39 heavy (non-hydrogen) atoms. The van der Waals surface area contributed by atoms with Gasteiger partial charge in [-0.3, -0.25) is 4.98 Å². The highest BCUT2D eigenvalue weighted by molar-refractivity contribution is 5.89. The monoisotopic (exact) mass is 528 g/mol. The maximum atomic E-state index is 13.3. The third-order valence-corrected chi connectivity index (χ3v) is 8.62. The topological polar surface area (TPSA) is 123 Å². The summed E-state index contributed by atoms with van der Waals surface area (Å²) >= 11 is 0. The first-order chi connectivity index (χ1) is 18.5.